The number of urea groups is 1. The molecule has 1 aliphatic rings. The third kappa shape index (κ3) is 4.11. The molecule has 2 amide bonds. The van der Waals surface area contributed by atoms with Gasteiger partial charge in [0.2, 0.25) is 0 Å². The number of rotatable bonds is 6. The molecule has 0 radical (unpaired) electrons. The van der Waals surface area contributed by atoms with Crippen LogP contribution < -0.4 is 5.32 Å². The fourth-order valence-corrected chi connectivity index (χ4v) is 2.02. The first kappa shape index (κ1) is 15.7. The van der Waals surface area contributed by atoms with Crippen molar-refractivity contribution in [3.05, 3.63) is 0 Å². The second-order valence-corrected chi connectivity index (χ2v) is 4.46. The van der Waals surface area contributed by atoms with Gasteiger partial charge in [-0.05, 0) is 19.3 Å². The highest BCUT2D eigenvalue weighted by Crippen LogP contribution is 2.17. The summed E-state index contributed by atoms with van der Waals surface area (Å²) >= 11 is 0. The molecule has 2 atom stereocenters. The number of carboxylic acid groups (broad SMARTS) is 3. The van der Waals surface area contributed by atoms with E-state index in [0.717, 1.165) is 4.90 Å². The van der Waals surface area contributed by atoms with Gasteiger partial charge in [0.25, 0.3) is 0 Å². The predicted octanol–water partition coefficient (Wildman–Crippen LogP) is -0.437. The standard InChI is InChI=1S/C11H16N2O7/c14-8(15)4-3-6(9(16)17)12-11(20)13-5-1-2-7(13)10(18)19/h6-7H,1-5H2,(H,12,20)(H,14,15)(H,16,17)(H,18,19)/t6-,7-/m0/s1. The van der Waals surface area contributed by atoms with Gasteiger partial charge in [0, 0.05) is 13.0 Å². The maximum absolute atomic E-state index is 11.9. The van der Waals surface area contributed by atoms with Crippen LogP contribution in [0.3, 0.4) is 0 Å². The Hall–Kier alpha value is -2.32. The smallest absolute Gasteiger partial charge is 0.326 e. The highest BCUT2D eigenvalue weighted by Gasteiger charge is 2.35. The number of hydrogen-bond acceptors (Lipinski definition) is 4. The SMILES string of the molecule is O=C(O)CC[C@H](NC(=O)N1CCC[C@H]1C(=O)O)C(=O)O. The van der Waals surface area contributed by atoms with E-state index < -0.39 is 42.4 Å². The molecule has 0 aromatic heterocycles. The van der Waals surface area contributed by atoms with Crippen molar-refractivity contribution in [2.75, 3.05) is 6.54 Å². The van der Waals surface area contributed by atoms with Crippen LogP contribution in [0.2, 0.25) is 0 Å². The van der Waals surface area contributed by atoms with Crippen LogP contribution in [0.25, 0.3) is 0 Å². The van der Waals surface area contributed by atoms with E-state index >= 15 is 0 Å². The number of amides is 2. The van der Waals surface area contributed by atoms with Gasteiger partial charge in [0.1, 0.15) is 12.1 Å². The fourth-order valence-electron chi connectivity index (χ4n) is 2.02. The topological polar surface area (TPSA) is 144 Å². The maximum atomic E-state index is 11.9. The molecule has 0 bridgehead atoms. The average Bonchev–Trinajstić information content (AvgIpc) is 2.82. The Labute approximate surface area is 114 Å². The molecule has 20 heavy (non-hydrogen) atoms. The van der Waals surface area contributed by atoms with Gasteiger partial charge in [-0.1, -0.05) is 0 Å². The number of carbonyl (C=O) groups excluding carboxylic acids is 1. The van der Waals surface area contributed by atoms with Crippen molar-refractivity contribution in [3.63, 3.8) is 0 Å². The minimum Gasteiger partial charge on any atom is -0.481 e. The van der Waals surface area contributed by atoms with Gasteiger partial charge in [-0.3, -0.25) is 4.79 Å². The number of carboxylic acids is 3. The van der Waals surface area contributed by atoms with Crippen LogP contribution in [0.5, 0.6) is 0 Å². The molecule has 0 aliphatic carbocycles. The van der Waals surface area contributed by atoms with E-state index in [2.05, 4.69) is 5.32 Å². The van der Waals surface area contributed by atoms with Gasteiger partial charge in [-0.2, -0.15) is 0 Å². The van der Waals surface area contributed by atoms with Crippen LogP contribution >= 0.6 is 0 Å². The molecular formula is C11H16N2O7. The number of carbonyl (C=O) groups is 4. The van der Waals surface area contributed by atoms with Gasteiger partial charge >= 0.3 is 23.9 Å². The lowest BCUT2D eigenvalue weighted by molar-refractivity contribution is -0.141. The summed E-state index contributed by atoms with van der Waals surface area (Å²) in [6.45, 7) is 0.230. The average molecular weight is 288 g/mol. The number of nitrogens with zero attached hydrogens (tertiary/aromatic N) is 1. The highest BCUT2D eigenvalue weighted by atomic mass is 16.4. The van der Waals surface area contributed by atoms with Crippen molar-refractivity contribution in [2.24, 2.45) is 0 Å². The van der Waals surface area contributed by atoms with Crippen LogP contribution in [-0.2, 0) is 14.4 Å². The zero-order valence-electron chi connectivity index (χ0n) is 10.6. The predicted molar refractivity (Wildman–Crippen MR) is 64.2 cm³/mol. The number of hydrogen-bond donors (Lipinski definition) is 4. The van der Waals surface area contributed by atoms with Gasteiger partial charge in [-0.25, -0.2) is 14.4 Å². The van der Waals surface area contributed by atoms with Crippen molar-refractivity contribution in [3.8, 4) is 0 Å². The molecular weight excluding hydrogens is 272 g/mol. The van der Waals surface area contributed by atoms with E-state index in [9.17, 15) is 19.2 Å². The third-order valence-corrected chi connectivity index (χ3v) is 3.04. The second kappa shape index (κ2) is 6.73. The Morgan fingerprint density at radius 3 is 2.35 bits per heavy atom. The van der Waals surface area contributed by atoms with Crippen molar-refractivity contribution >= 4 is 23.9 Å². The third-order valence-electron chi connectivity index (χ3n) is 3.04. The van der Waals surface area contributed by atoms with E-state index in [-0.39, 0.29) is 13.0 Å². The summed E-state index contributed by atoms with van der Waals surface area (Å²) in [5.74, 6) is -3.67. The summed E-state index contributed by atoms with van der Waals surface area (Å²) in [5.41, 5.74) is 0. The molecule has 0 saturated carbocycles. The molecule has 1 fully saturated rings. The van der Waals surface area contributed by atoms with Crippen LogP contribution in [0.1, 0.15) is 25.7 Å². The monoisotopic (exact) mass is 288 g/mol. The summed E-state index contributed by atoms with van der Waals surface area (Å²) < 4.78 is 0. The van der Waals surface area contributed by atoms with Gasteiger partial charge in [0.15, 0.2) is 0 Å². The Morgan fingerprint density at radius 1 is 1.20 bits per heavy atom. The summed E-state index contributed by atoms with van der Waals surface area (Å²) in [5, 5.41) is 28.5. The lowest BCUT2D eigenvalue weighted by atomic mass is 10.1. The minimum atomic E-state index is -1.36. The Kier molecular flexibility index (Phi) is 5.30. The van der Waals surface area contributed by atoms with Crippen molar-refractivity contribution in [1.82, 2.24) is 10.2 Å². The molecule has 1 rings (SSSR count). The lowest BCUT2D eigenvalue weighted by Gasteiger charge is -2.24. The molecule has 9 heteroatoms. The van der Waals surface area contributed by atoms with Crippen LogP contribution in [0, 0.1) is 0 Å². The van der Waals surface area contributed by atoms with Crippen molar-refractivity contribution < 1.29 is 34.5 Å². The van der Waals surface area contributed by atoms with Gasteiger partial charge < -0.3 is 25.5 Å². The summed E-state index contributed by atoms with van der Waals surface area (Å²) in [6.07, 6.45) is 0.175. The molecule has 9 nitrogen and oxygen atoms in total. The van der Waals surface area contributed by atoms with Crippen LogP contribution in [-0.4, -0.2) is 62.8 Å². The molecule has 112 valence electrons. The largest absolute Gasteiger partial charge is 0.481 e. The molecule has 4 N–H and O–H groups in total. The molecule has 0 unspecified atom stereocenters. The number of likely N-dealkylation sites (tertiary alicyclic amines) is 1. The Balaban J connectivity index is 2.63. The first-order valence-electron chi connectivity index (χ1n) is 6.07. The quantitative estimate of drug-likeness (QED) is 0.518. The Morgan fingerprint density at radius 2 is 1.85 bits per heavy atom. The highest BCUT2D eigenvalue weighted by molar-refractivity contribution is 5.86. The van der Waals surface area contributed by atoms with Gasteiger partial charge in [-0.15, -0.1) is 0 Å². The summed E-state index contributed by atoms with van der Waals surface area (Å²) in [7, 11) is 0. The van der Waals surface area contributed by atoms with Gasteiger partial charge in [0.05, 0.1) is 0 Å². The molecule has 1 aliphatic heterocycles. The summed E-state index contributed by atoms with van der Waals surface area (Å²) in [4.78, 5) is 45.2. The molecule has 0 aromatic carbocycles. The zero-order valence-corrected chi connectivity index (χ0v) is 10.6. The molecule has 1 heterocycles. The molecule has 0 aromatic rings. The Bertz CT molecular complexity index is 423. The summed E-state index contributed by atoms with van der Waals surface area (Å²) in [6, 6.07) is -3.12. The normalized spacial score (nSPS) is 19.4. The first-order chi connectivity index (χ1) is 9.32. The van der Waals surface area contributed by atoms with E-state index in [1.54, 1.807) is 0 Å². The van der Waals surface area contributed by atoms with Crippen molar-refractivity contribution in [1.29, 1.82) is 0 Å². The lowest BCUT2D eigenvalue weighted by Crippen LogP contribution is -2.51. The first-order valence-corrected chi connectivity index (χ1v) is 6.07. The number of nitrogens with one attached hydrogen (secondary N) is 1. The maximum Gasteiger partial charge on any atom is 0.326 e. The van der Waals surface area contributed by atoms with Crippen LogP contribution in [0.15, 0.2) is 0 Å². The van der Waals surface area contributed by atoms with E-state index in [0.29, 0.717) is 12.8 Å². The van der Waals surface area contributed by atoms with E-state index in [4.69, 9.17) is 15.3 Å². The second-order valence-electron chi connectivity index (χ2n) is 4.46. The van der Waals surface area contributed by atoms with E-state index in [1.165, 1.54) is 0 Å². The fraction of sp³-hybridized carbons (Fsp3) is 0.636. The molecule has 0 spiro atoms. The van der Waals surface area contributed by atoms with Crippen LogP contribution in [0.4, 0.5) is 4.79 Å². The molecule has 1 saturated heterocycles. The minimum absolute atomic E-state index is 0.230. The van der Waals surface area contributed by atoms with E-state index in [1.807, 2.05) is 0 Å². The number of aliphatic carboxylic acids is 3. The zero-order chi connectivity index (χ0) is 15.3. The van der Waals surface area contributed by atoms with Crippen molar-refractivity contribution in [2.45, 2.75) is 37.8 Å².